The summed E-state index contributed by atoms with van der Waals surface area (Å²) in [6.07, 6.45) is 6.08. The molecule has 1 N–H and O–H groups in total. The first kappa shape index (κ1) is 13.8. The van der Waals surface area contributed by atoms with Crippen LogP contribution in [-0.4, -0.2) is 6.04 Å². The van der Waals surface area contributed by atoms with Gasteiger partial charge in [-0.2, -0.15) is 0 Å². The van der Waals surface area contributed by atoms with Crippen molar-refractivity contribution in [3.63, 3.8) is 0 Å². The lowest BCUT2D eigenvalue weighted by atomic mass is 9.99. The van der Waals surface area contributed by atoms with Gasteiger partial charge in [0.15, 0.2) is 0 Å². The van der Waals surface area contributed by atoms with Crippen LogP contribution in [0, 0.1) is 12.3 Å². The van der Waals surface area contributed by atoms with Gasteiger partial charge in [-0.3, -0.25) is 0 Å². The topological polar surface area (TPSA) is 12.0 Å². The lowest BCUT2D eigenvalue weighted by molar-refractivity contribution is 0.486. The number of rotatable bonds is 5. The molecule has 0 bridgehead atoms. The molecule has 0 heterocycles. The molecule has 0 spiro atoms. The Balaban J connectivity index is 2.64. The Kier molecular flexibility index (Phi) is 5.25. The minimum absolute atomic E-state index is 0.347. The van der Waals surface area contributed by atoms with Crippen molar-refractivity contribution in [1.82, 2.24) is 5.32 Å². The van der Waals surface area contributed by atoms with E-state index in [0.717, 1.165) is 6.42 Å². The Hall–Kier alpha value is -1.26. The summed E-state index contributed by atoms with van der Waals surface area (Å²) < 4.78 is 0. The fourth-order valence-electron chi connectivity index (χ4n) is 1.93. The average Bonchev–Trinajstić information content (AvgIpc) is 2.29. The van der Waals surface area contributed by atoms with E-state index >= 15 is 0 Å². The second-order valence-electron chi connectivity index (χ2n) is 5.02. The highest BCUT2D eigenvalue weighted by Crippen LogP contribution is 2.19. The Morgan fingerprint density at radius 2 is 1.59 bits per heavy atom. The molecule has 0 fully saturated rings. The molecule has 1 aromatic rings. The number of nitrogens with one attached hydrogen (secondary N) is 1. The number of terminal acetylenes is 1. The van der Waals surface area contributed by atoms with Gasteiger partial charge in [0, 0.05) is 18.5 Å². The van der Waals surface area contributed by atoms with Crippen molar-refractivity contribution >= 4 is 0 Å². The SMILES string of the molecule is C#CCC(C)NC(C)c1ccc(C(C)C)cc1. The van der Waals surface area contributed by atoms with Crippen LogP contribution in [0.25, 0.3) is 0 Å². The van der Waals surface area contributed by atoms with Crippen molar-refractivity contribution in [3.8, 4) is 12.3 Å². The monoisotopic (exact) mass is 229 g/mol. The summed E-state index contributed by atoms with van der Waals surface area (Å²) in [4.78, 5) is 0. The standard InChI is InChI=1S/C16H23N/c1-6-7-13(4)17-14(5)16-10-8-15(9-11-16)12(2)3/h1,8-14,17H,7H2,2-5H3. The van der Waals surface area contributed by atoms with Crippen molar-refractivity contribution < 1.29 is 0 Å². The van der Waals surface area contributed by atoms with E-state index in [2.05, 4.69) is 63.2 Å². The van der Waals surface area contributed by atoms with Crippen LogP contribution < -0.4 is 5.32 Å². The zero-order chi connectivity index (χ0) is 12.8. The van der Waals surface area contributed by atoms with Gasteiger partial charge in [-0.05, 0) is 30.9 Å². The summed E-state index contributed by atoms with van der Waals surface area (Å²) in [5.41, 5.74) is 2.70. The quantitative estimate of drug-likeness (QED) is 0.756. The first-order valence-corrected chi connectivity index (χ1v) is 6.34. The van der Waals surface area contributed by atoms with Crippen LogP contribution in [0.1, 0.15) is 57.2 Å². The van der Waals surface area contributed by atoms with Crippen molar-refractivity contribution in [2.45, 2.75) is 52.1 Å². The molecule has 17 heavy (non-hydrogen) atoms. The van der Waals surface area contributed by atoms with Crippen molar-refractivity contribution in [2.75, 3.05) is 0 Å². The second kappa shape index (κ2) is 6.47. The third-order valence-electron chi connectivity index (χ3n) is 3.06. The molecule has 1 aromatic carbocycles. The molecule has 2 unspecified atom stereocenters. The largest absolute Gasteiger partial charge is 0.307 e. The van der Waals surface area contributed by atoms with Crippen LogP contribution >= 0.6 is 0 Å². The van der Waals surface area contributed by atoms with E-state index in [9.17, 15) is 0 Å². The van der Waals surface area contributed by atoms with Gasteiger partial charge >= 0.3 is 0 Å². The Morgan fingerprint density at radius 1 is 1.06 bits per heavy atom. The summed E-state index contributed by atoms with van der Waals surface area (Å²) in [5, 5.41) is 3.50. The van der Waals surface area contributed by atoms with E-state index in [1.54, 1.807) is 0 Å². The lowest BCUT2D eigenvalue weighted by Crippen LogP contribution is -2.28. The fourth-order valence-corrected chi connectivity index (χ4v) is 1.93. The summed E-state index contributed by atoms with van der Waals surface area (Å²) in [5.74, 6) is 3.28. The Morgan fingerprint density at radius 3 is 2.06 bits per heavy atom. The van der Waals surface area contributed by atoms with E-state index in [1.165, 1.54) is 11.1 Å². The highest BCUT2D eigenvalue weighted by molar-refractivity contribution is 5.26. The molecule has 0 aliphatic carbocycles. The molecule has 0 amide bonds. The van der Waals surface area contributed by atoms with Gasteiger partial charge in [0.2, 0.25) is 0 Å². The first-order valence-electron chi connectivity index (χ1n) is 6.34. The van der Waals surface area contributed by atoms with E-state index in [0.29, 0.717) is 18.0 Å². The predicted octanol–water partition coefficient (Wildman–Crippen LogP) is 3.87. The molecule has 2 atom stereocenters. The van der Waals surface area contributed by atoms with Gasteiger partial charge in [-0.15, -0.1) is 12.3 Å². The minimum Gasteiger partial charge on any atom is -0.307 e. The molecule has 0 aliphatic heterocycles. The summed E-state index contributed by atoms with van der Waals surface area (Å²) in [6, 6.07) is 9.54. The maximum absolute atomic E-state index is 5.31. The van der Waals surface area contributed by atoms with Crippen LogP contribution in [0.15, 0.2) is 24.3 Å². The maximum Gasteiger partial charge on any atom is 0.0294 e. The molecule has 1 nitrogen and oxygen atoms in total. The van der Waals surface area contributed by atoms with Crippen LogP contribution in [0.2, 0.25) is 0 Å². The van der Waals surface area contributed by atoms with E-state index in [-0.39, 0.29) is 0 Å². The molecular weight excluding hydrogens is 206 g/mol. The zero-order valence-electron chi connectivity index (χ0n) is 11.3. The van der Waals surface area contributed by atoms with Gasteiger partial charge in [-0.1, -0.05) is 38.1 Å². The minimum atomic E-state index is 0.347. The van der Waals surface area contributed by atoms with Crippen LogP contribution in [0.5, 0.6) is 0 Å². The first-order chi connectivity index (χ1) is 8.04. The van der Waals surface area contributed by atoms with Crippen LogP contribution in [0.4, 0.5) is 0 Å². The average molecular weight is 229 g/mol. The second-order valence-corrected chi connectivity index (χ2v) is 5.02. The van der Waals surface area contributed by atoms with E-state index in [4.69, 9.17) is 6.42 Å². The summed E-state index contributed by atoms with van der Waals surface area (Å²) in [7, 11) is 0. The Bertz CT molecular complexity index is 370. The van der Waals surface area contributed by atoms with Crippen LogP contribution in [-0.2, 0) is 0 Å². The smallest absolute Gasteiger partial charge is 0.0294 e. The third-order valence-corrected chi connectivity index (χ3v) is 3.06. The van der Waals surface area contributed by atoms with Crippen molar-refractivity contribution in [3.05, 3.63) is 35.4 Å². The number of benzene rings is 1. The highest BCUT2D eigenvalue weighted by atomic mass is 14.9. The normalized spacial score (nSPS) is 14.4. The van der Waals surface area contributed by atoms with Gasteiger partial charge in [-0.25, -0.2) is 0 Å². The van der Waals surface area contributed by atoms with Gasteiger partial charge in [0.25, 0.3) is 0 Å². The molecule has 1 heteroatoms. The molecule has 92 valence electrons. The third kappa shape index (κ3) is 4.24. The molecule has 0 saturated heterocycles. The molecule has 1 rings (SSSR count). The molecular formula is C16H23N. The number of hydrogen-bond donors (Lipinski definition) is 1. The van der Waals surface area contributed by atoms with E-state index < -0.39 is 0 Å². The summed E-state index contributed by atoms with van der Waals surface area (Å²) >= 11 is 0. The van der Waals surface area contributed by atoms with Crippen molar-refractivity contribution in [2.24, 2.45) is 0 Å². The molecule has 0 aromatic heterocycles. The maximum atomic E-state index is 5.31. The predicted molar refractivity (Wildman–Crippen MR) is 75.0 cm³/mol. The van der Waals surface area contributed by atoms with Crippen LogP contribution in [0.3, 0.4) is 0 Å². The molecule has 0 aliphatic rings. The number of hydrogen-bond acceptors (Lipinski definition) is 1. The van der Waals surface area contributed by atoms with Gasteiger partial charge in [0.05, 0.1) is 0 Å². The molecule has 0 saturated carbocycles. The summed E-state index contributed by atoms with van der Waals surface area (Å²) in [6.45, 7) is 8.73. The lowest BCUT2D eigenvalue weighted by Gasteiger charge is -2.19. The highest BCUT2D eigenvalue weighted by Gasteiger charge is 2.08. The zero-order valence-corrected chi connectivity index (χ0v) is 11.3. The van der Waals surface area contributed by atoms with Gasteiger partial charge in [0.1, 0.15) is 0 Å². The van der Waals surface area contributed by atoms with Gasteiger partial charge < -0.3 is 5.32 Å². The fraction of sp³-hybridized carbons (Fsp3) is 0.500. The Labute approximate surface area is 106 Å². The molecule has 0 radical (unpaired) electrons. The van der Waals surface area contributed by atoms with E-state index in [1.807, 2.05) is 0 Å². The van der Waals surface area contributed by atoms with Crippen molar-refractivity contribution in [1.29, 1.82) is 0 Å².